The molecule has 0 radical (unpaired) electrons. The van der Waals surface area contributed by atoms with Crippen LogP contribution >= 0.6 is 0 Å². The van der Waals surface area contributed by atoms with Gasteiger partial charge >= 0.3 is 11.9 Å². The standard InChI is InChI=1S/C34H49NO8/c1-3-4-5-6-7-8-9-10-11-12-13-17-25-40-31-23-22-30(43-31)33(37)42-27(2)35(34(38)39)24-18-21-29(35)32(36)41-26-28-19-15-14-16-20-28/h14-16,19-20,22-23,27,29H,3-13,17-18,21,24-26H2,1-2H3/t27?,29-,35?/m0/s1. The highest BCUT2D eigenvalue weighted by Gasteiger charge is 2.54. The Balaban J connectivity index is 1.39. The molecule has 0 N–H and O–H groups in total. The summed E-state index contributed by atoms with van der Waals surface area (Å²) in [6.45, 7) is 4.27. The third-order valence-corrected chi connectivity index (χ3v) is 8.35. The molecular weight excluding hydrogens is 550 g/mol. The summed E-state index contributed by atoms with van der Waals surface area (Å²) < 4.78 is 21.3. The van der Waals surface area contributed by atoms with Gasteiger partial charge in [-0.25, -0.2) is 14.1 Å². The highest BCUT2D eigenvalue weighted by molar-refractivity contribution is 5.86. The monoisotopic (exact) mass is 599 g/mol. The number of furan rings is 1. The van der Waals surface area contributed by atoms with E-state index in [1.165, 1.54) is 77.2 Å². The van der Waals surface area contributed by atoms with Gasteiger partial charge in [-0.3, -0.25) is 0 Å². The smallest absolute Gasteiger partial charge is 0.378 e. The zero-order chi connectivity index (χ0) is 30.9. The number of nitrogens with zero attached hydrogens (tertiary/aromatic N) is 1. The van der Waals surface area contributed by atoms with Crippen LogP contribution in [0.2, 0.25) is 0 Å². The summed E-state index contributed by atoms with van der Waals surface area (Å²) in [7, 11) is 0. The minimum atomic E-state index is -1.50. The summed E-state index contributed by atoms with van der Waals surface area (Å²) >= 11 is 0. The number of likely N-dealkylation sites (tertiary alicyclic amines) is 1. The van der Waals surface area contributed by atoms with Crippen molar-refractivity contribution in [2.24, 2.45) is 0 Å². The van der Waals surface area contributed by atoms with E-state index < -0.39 is 34.8 Å². The van der Waals surface area contributed by atoms with Crippen molar-refractivity contribution in [2.45, 2.75) is 123 Å². The van der Waals surface area contributed by atoms with Gasteiger partial charge in [0.25, 0.3) is 12.0 Å². The second kappa shape index (κ2) is 18.4. The van der Waals surface area contributed by atoms with E-state index >= 15 is 0 Å². The Morgan fingerprint density at radius 1 is 0.907 bits per heavy atom. The maximum Gasteiger partial charge on any atom is 0.378 e. The predicted molar refractivity (Wildman–Crippen MR) is 160 cm³/mol. The van der Waals surface area contributed by atoms with Gasteiger partial charge in [0.1, 0.15) is 6.61 Å². The first-order valence-corrected chi connectivity index (χ1v) is 16.1. The quantitative estimate of drug-likeness (QED) is 0.0914. The molecule has 238 valence electrons. The highest BCUT2D eigenvalue weighted by Crippen LogP contribution is 2.33. The molecule has 0 spiro atoms. The van der Waals surface area contributed by atoms with Crippen LogP contribution in [-0.2, 0) is 20.9 Å². The van der Waals surface area contributed by atoms with Gasteiger partial charge < -0.3 is 28.5 Å². The average Bonchev–Trinajstić information content (AvgIpc) is 3.68. The number of hydrogen-bond acceptors (Lipinski definition) is 8. The fourth-order valence-electron chi connectivity index (χ4n) is 5.80. The Morgan fingerprint density at radius 3 is 2.16 bits per heavy atom. The Hall–Kier alpha value is -3.33. The molecule has 1 aliphatic heterocycles. The molecule has 0 saturated carbocycles. The van der Waals surface area contributed by atoms with Gasteiger partial charge in [0, 0.05) is 25.8 Å². The SMILES string of the molecule is CCCCCCCCCCCCCCOc1ccc(C(=O)OC(C)[N+]2(C(=O)[O-])CCC[C@H]2C(=O)OCc2ccccc2)o1. The first-order chi connectivity index (χ1) is 20.9. The molecule has 2 unspecified atom stereocenters. The molecule has 1 fully saturated rings. The molecule has 3 rings (SSSR count). The zero-order valence-corrected chi connectivity index (χ0v) is 25.9. The van der Waals surface area contributed by atoms with E-state index in [0.29, 0.717) is 13.0 Å². The van der Waals surface area contributed by atoms with Gasteiger partial charge in [-0.15, -0.1) is 0 Å². The van der Waals surface area contributed by atoms with Crippen molar-refractivity contribution in [1.29, 1.82) is 0 Å². The van der Waals surface area contributed by atoms with E-state index in [2.05, 4.69) is 6.92 Å². The number of rotatable bonds is 20. The largest absolute Gasteiger partial charge is 0.498 e. The van der Waals surface area contributed by atoms with E-state index in [9.17, 15) is 19.5 Å². The van der Waals surface area contributed by atoms with E-state index in [4.69, 9.17) is 18.6 Å². The van der Waals surface area contributed by atoms with Crippen molar-refractivity contribution in [3.8, 4) is 5.95 Å². The van der Waals surface area contributed by atoms with Crippen LogP contribution in [0.1, 0.15) is 120 Å². The van der Waals surface area contributed by atoms with E-state index in [0.717, 1.165) is 18.4 Å². The number of carboxylic acid groups (broad SMARTS) is 1. The lowest BCUT2D eigenvalue weighted by molar-refractivity contribution is -0.920. The third-order valence-electron chi connectivity index (χ3n) is 8.35. The van der Waals surface area contributed by atoms with Crippen LogP contribution in [-0.4, -0.2) is 47.9 Å². The number of carbonyl (C=O) groups excluding carboxylic acids is 3. The van der Waals surface area contributed by atoms with Gasteiger partial charge in [0.05, 0.1) is 13.2 Å². The van der Waals surface area contributed by atoms with Crippen molar-refractivity contribution in [1.82, 2.24) is 0 Å². The number of benzene rings is 1. The van der Waals surface area contributed by atoms with Crippen LogP contribution in [0.5, 0.6) is 5.95 Å². The molecule has 1 aromatic carbocycles. The van der Waals surface area contributed by atoms with Crippen LogP contribution < -0.4 is 9.84 Å². The molecule has 0 aliphatic carbocycles. The number of hydrogen-bond donors (Lipinski definition) is 0. The number of unbranched alkanes of at least 4 members (excludes halogenated alkanes) is 11. The van der Waals surface area contributed by atoms with E-state index in [-0.39, 0.29) is 31.3 Å². The number of carbonyl (C=O) groups is 3. The second-order valence-corrected chi connectivity index (χ2v) is 11.5. The third kappa shape index (κ3) is 10.4. The fraction of sp³-hybridized carbons (Fsp3) is 0.618. The first-order valence-electron chi connectivity index (χ1n) is 16.1. The molecule has 1 aliphatic rings. The average molecular weight is 600 g/mol. The molecule has 9 nitrogen and oxygen atoms in total. The molecule has 1 aromatic heterocycles. The number of amides is 1. The summed E-state index contributed by atoms with van der Waals surface area (Å²) in [5.74, 6) is -1.40. The van der Waals surface area contributed by atoms with Crippen molar-refractivity contribution in [3.63, 3.8) is 0 Å². The van der Waals surface area contributed by atoms with E-state index in [1.54, 1.807) is 6.07 Å². The minimum Gasteiger partial charge on any atom is -0.498 e. The maximum atomic E-state index is 13.0. The molecular formula is C34H49NO8. The molecule has 3 atom stereocenters. The zero-order valence-electron chi connectivity index (χ0n) is 25.9. The highest BCUT2D eigenvalue weighted by atomic mass is 16.6. The van der Waals surface area contributed by atoms with Gasteiger partial charge in [-0.05, 0) is 18.1 Å². The van der Waals surface area contributed by atoms with Gasteiger partial charge in [-0.1, -0.05) is 108 Å². The van der Waals surface area contributed by atoms with E-state index in [1.807, 2.05) is 30.3 Å². The Bertz CT molecular complexity index is 1120. The number of ether oxygens (including phenoxy) is 3. The second-order valence-electron chi connectivity index (χ2n) is 11.5. The fourth-order valence-corrected chi connectivity index (χ4v) is 5.80. The lowest BCUT2D eigenvalue weighted by Gasteiger charge is -2.41. The summed E-state index contributed by atoms with van der Waals surface area (Å²) in [4.78, 5) is 38.2. The van der Waals surface area contributed by atoms with Crippen molar-refractivity contribution in [3.05, 3.63) is 53.8 Å². The van der Waals surface area contributed by atoms with Crippen LogP contribution in [0.4, 0.5) is 4.79 Å². The molecule has 2 heterocycles. The van der Waals surface area contributed by atoms with Crippen molar-refractivity contribution < 1.29 is 42.6 Å². The summed E-state index contributed by atoms with van der Waals surface area (Å²) in [6.07, 6.45) is 13.1. The Labute approximate surface area is 256 Å². The van der Waals surface area contributed by atoms with Gasteiger partial charge in [-0.2, -0.15) is 0 Å². The van der Waals surface area contributed by atoms with Crippen molar-refractivity contribution in [2.75, 3.05) is 13.2 Å². The lowest BCUT2D eigenvalue weighted by Crippen LogP contribution is -2.68. The van der Waals surface area contributed by atoms with Gasteiger partial charge in [0.15, 0.2) is 6.04 Å². The number of quaternary nitrogens is 1. The van der Waals surface area contributed by atoms with Crippen LogP contribution in [0, 0.1) is 0 Å². The molecule has 9 heteroatoms. The predicted octanol–water partition coefficient (Wildman–Crippen LogP) is 6.93. The summed E-state index contributed by atoms with van der Waals surface area (Å²) in [6, 6.07) is 11.1. The molecule has 2 aromatic rings. The minimum absolute atomic E-state index is 0.0197. The molecule has 43 heavy (non-hydrogen) atoms. The van der Waals surface area contributed by atoms with Crippen molar-refractivity contribution >= 4 is 18.0 Å². The van der Waals surface area contributed by atoms with Gasteiger partial charge in [0.2, 0.25) is 12.0 Å². The summed E-state index contributed by atoms with van der Waals surface area (Å²) in [5, 5.41) is 12.4. The lowest BCUT2D eigenvalue weighted by atomic mass is 10.1. The molecule has 1 saturated heterocycles. The Kier molecular flexibility index (Phi) is 14.6. The maximum absolute atomic E-state index is 13.0. The topological polar surface area (TPSA) is 115 Å². The van der Waals surface area contributed by atoms with Crippen LogP contribution in [0.15, 0.2) is 46.9 Å². The Morgan fingerprint density at radius 2 is 1.53 bits per heavy atom. The first kappa shape index (κ1) is 34.2. The molecule has 0 bridgehead atoms. The summed E-state index contributed by atoms with van der Waals surface area (Å²) in [5.41, 5.74) is 0.787. The van der Waals surface area contributed by atoms with Crippen LogP contribution in [0.3, 0.4) is 0 Å². The normalized spacial score (nSPS) is 18.7. The van der Waals surface area contributed by atoms with Crippen LogP contribution in [0.25, 0.3) is 0 Å². The molecule has 1 amide bonds. The number of esters is 2.